The Kier molecular flexibility index (Phi) is 4.95. The fourth-order valence-electron chi connectivity index (χ4n) is 3.82. The summed E-state index contributed by atoms with van der Waals surface area (Å²) in [6, 6.07) is 13.8. The number of carbonyl (C=O) groups excluding carboxylic acids is 1. The van der Waals surface area contributed by atoms with Gasteiger partial charge in [0.05, 0.1) is 24.3 Å². The van der Waals surface area contributed by atoms with E-state index in [1.165, 1.54) is 6.92 Å². The standard InChI is InChI=1S/C23H23N5O2/c1-13(16-8-6-5-7-9-16)23-27-26-21-12-25-18-10-17(22(14(2)24)15(3)29)20(30-4)11-19(18)28(21)23/h5-13H,24H2,1-4H3/t13-/m1/s1. The Morgan fingerprint density at radius 2 is 1.87 bits per heavy atom. The highest BCUT2D eigenvalue weighted by molar-refractivity contribution is 6.21. The van der Waals surface area contributed by atoms with Crippen LogP contribution >= 0.6 is 0 Å². The third-order valence-corrected chi connectivity index (χ3v) is 5.27. The van der Waals surface area contributed by atoms with Crippen LogP contribution in [0, 0.1) is 0 Å². The third kappa shape index (κ3) is 3.18. The SMILES string of the molecule is COc1cc2c(cc1C(C(C)=O)=C(C)N)ncc1nnc([C@H](C)c3ccccc3)n12. The second kappa shape index (κ2) is 7.59. The molecule has 7 heteroatoms. The van der Waals surface area contributed by atoms with Gasteiger partial charge >= 0.3 is 0 Å². The molecule has 0 fully saturated rings. The van der Waals surface area contributed by atoms with E-state index in [9.17, 15) is 4.79 Å². The molecule has 1 atom stereocenters. The molecule has 0 spiro atoms. The van der Waals surface area contributed by atoms with Gasteiger partial charge in [0.2, 0.25) is 0 Å². The van der Waals surface area contributed by atoms with E-state index >= 15 is 0 Å². The van der Waals surface area contributed by atoms with Gasteiger partial charge in [-0.1, -0.05) is 37.3 Å². The van der Waals surface area contributed by atoms with Crippen LogP contribution in [0.2, 0.25) is 0 Å². The molecule has 0 amide bonds. The van der Waals surface area contributed by atoms with Crippen molar-refractivity contribution in [3.05, 3.63) is 71.3 Å². The predicted octanol–water partition coefficient (Wildman–Crippen LogP) is 3.72. The van der Waals surface area contributed by atoms with E-state index in [2.05, 4.69) is 34.2 Å². The van der Waals surface area contributed by atoms with Crippen LogP contribution in [0.25, 0.3) is 22.3 Å². The summed E-state index contributed by atoms with van der Waals surface area (Å²) in [4.78, 5) is 16.8. The number of hydrogen-bond acceptors (Lipinski definition) is 6. The molecule has 0 radical (unpaired) electrons. The van der Waals surface area contributed by atoms with Crippen molar-refractivity contribution in [2.45, 2.75) is 26.7 Å². The van der Waals surface area contributed by atoms with Crippen molar-refractivity contribution in [2.75, 3.05) is 7.11 Å². The van der Waals surface area contributed by atoms with Crippen molar-refractivity contribution in [2.24, 2.45) is 5.73 Å². The molecule has 2 aromatic carbocycles. The van der Waals surface area contributed by atoms with E-state index in [4.69, 9.17) is 10.5 Å². The Bertz CT molecular complexity index is 1290. The van der Waals surface area contributed by atoms with Gasteiger partial charge in [0.1, 0.15) is 11.6 Å². The summed E-state index contributed by atoms with van der Waals surface area (Å²) in [5.74, 6) is 1.24. The van der Waals surface area contributed by atoms with E-state index in [-0.39, 0.29) is 11.7 Å². The number of Topliss-reactive ketones (excluding diaryl/α,β-unsaturated/α-hetero) is 1. The molecule has 4 rings (SSSR count). The number of allylic oxidation sites excluding steroid dienone is 2. The summed E-state index contributed by atoms with van der Waals surface area (Å²) in [6.45, 7) is 5.29. The fourth-order valence-corrected chi connectivity index (χ4v) is 3.82. The van der Waals surface area contributed by atoms with E-state index < -0.39 is 0 Å². The molecule has 0 bridgehead atoms. The molecule has 0 aliphatic carbocycles. The highest BCUT2D eigenvalue weighted by Gasteiger charge is 2.21. The Hall–Kier alpha value is -3.74. The summed E-state index contributed by atoms with van der Waals surface area (Å²) in [7, 11) is 1.57. The molecule has 152 valence electrons. The lowest BCUT2D eigenvalue weighted by atomic mass is 9.98. The first-order chi connectivity index (χ1) is 14.4. The van der Waals surface area contributed by atoms with Crippen LogP contribution in [0.4, 0.5) is 0 Å². The van der Waals surface area contributed by atoms with E-state index in [0.717, 1.165) is 16.9 Å². The summed E-state index contributed by atoms with van der Waals surface area (Å²) in [5, 5.41) is 8.75. The summed E-state index contributed by atoms with van der Waals surface area (Å²) < 4.78 is 7.61. The molecule has 2 aromatic heterocycles. The van der Waals surface area contributed by atoms with Crippen LogP contribution in [0.1, 0.15) is 43.6 Å². The van der Waals surface area contributed by atoms with Gasteiger partial charge < -0.3 is 10.5 Å². The number of rotatable bonds is 5. The molecular weight excluding hydrogens is 378 g/mol. The van der Waals surface area contributed by atoms with Crippen molar-refractivity contribution >= 4 is 28.0 Å². The molecule has 7 nitrogen and oxygen atoms in total. The Labute approximate surface area is 174 Å². The molecule has 0 unspecified atom stereocenters. The number of ether oxygens (including phenoxy) is 1. The van der Waals surface area contributed by atoms with Gasteiger partial charge in [0.15, 0.2) is 11.4 Å². The van der Waals surface area contributed by atoms with Gasteiger partial charge in [-0.25, -0.2) is 0 Å². The second-order valence-corrected chi connectivity index (χ2v) is 7.30. The minimum atomic E-state index is -0.128. The number of nitrogens with zero attached hydrogens (tertiary/aromatic N) is 4. The predicted molar refractivity (Wildman–Crippen MR) is 116 cm³/mol. The molecule has 2 N–H and O–H groups in total. The number of methoxy groups -OCH3 is 1. The first-order valence-electron chi connectivity index (χ1n) is 9.66. The summed E-state index contributed by atoms with van der Waals surface area (Å²) in [5.41, 5.74) is 10.8. The summed E-state index contributed by atoms with van der Waals surface area (Å²) >= 11 is 0. The number of fused-ring (bicyclic) bond motifs is 3. The number of aromatic nitrogens is 4. The normalized spacial score (nSPS) is 13.3. The zero-order valence-corrected chi connectivity index (χ0v) is 17.4. The van der Waals surface area contributed by atoms with E-state index in [1.54, 1.807) is 20.2 Å². The molecule has 0 saturated carbocycles. The quantitative estimate of drug-likeness (QED) is 0.512. The summed E-state index contributed by atoms with van der Waals surface area (Å²) in [6.07, 6.45) is 1.68. The minimum Gasteiger partial charge on any atom is -0.496 e. The largest absolute Gasteiger partial charge is 0.496 e. The van der Waals surface area contributed by atoms with Crippen molar-refractivity contribution in [1.29, 1.82) is 0 Å². The maximum atomic E-state index is 12.2. The maximum absolute atomic E-state index is 12.2. The number of benzene rings is 2. The van der Waals surface area contributed by atoms with Crippen molar-refractivity contribution < 1.29 is 9.53 Å². The Balaban J connectivity index is 2.00. The van der Waals surface area contributed by atoms with E-state index in [0.29, 0.717) is 33.7 Å². The number of hydrogen-bond donors (Lipinski definition) is 1. The molecule has 4 aromatic rings. The van der Waals surface area contributed by atoms with Gasteiger partial charge in [-0.05, 0) is 25.5 Å². The number of carbonyl (C=O) groups is 1. The Morgan fingerprint density at radius 3 is 2.50 bits per heavy atom. The van der Waals surface area contributed by atoms with Crippen LogP contribution in [0.5, 0.6) is 5.75 Å². The lowest BCUT2D eigenvalue weighted by Crippen LogP contribution is -2.08. The number of ketones is 1. The van der Waals surface area contributed by atoms with Crippen molar-refractivity contribution in [1.82, 2.24) is 19.6 Å². The van der Waals surface area contributed by atoms with Crippen LogP contribution in [-0.4, -0.2) is 32.5 Å². The fraction of sp³-hybridized carbons (Fsp3) is 0.217. The molecule has 2 heterocycles. The zero-order chi connectivity index (χ0) is 21.4. The van der Waals surface area contributed by atoms with Gasteiger partial charge in [-0.3, -0.25) is 14.2 Å². The second-order valence-electron chi connectivity index (χ2n) is 7.30. The van der Waals surface area contributed by atoms with Gasteiger partial charge in [0, 0.05) is 28.8 Å². The van der Waals surface area contributed by atoms with Gasteiger partial charge in [-0.2, -0.15) is 0 Å². The molecular formula is C23H23N5O2. The van der Waals surface area contributed by atoms with Crippen LogP contribution in [-0.2, 0) is 4.79 Å². The molecule has 0 aliphatic heterocycles. The molecule has 0 saturated heterocycles. The first kappa shape index (κ1) is 19.6. The topological polar surface area (TPSA) is 95.4 Å². The van der Waals surface area contributed by atoms with Gasteiger partial charge in [-0.15, -0.1) is 10.2 Å². The molecule has 0 aliphatic rings. The van der Waals surface area contributed by atoms with Gasteiger partial charge in [0.25, 0.3) is 0 Å². The first-order valence-corrected chi connectivity index (χ1v) is 9.66. The maximum Gasteiger partial charge on any atom is 0.179 e. The number of nitrogens with two attached hydrogens (primary N) is 1. The van der Waals surface area contributed by atoms with Crippen molar-refractivity contribution in [3.63, 3.8) is 0 Å². The highest BCUT2D eigenvalue weighted by atomic mass is 16.5. The molecule has 30 heavy (non-hydrogen) atoms. The zero-order valence-electron chi connectivity index (χ0n) is 17.4. The van der Waals surface area contributed by atoms with Crippen LogP contribution in [0.3, 0.4) is 0 Å². The van der Waals surface area contributed by atoms with Crippen LogP contribution in [0.15, 0.2) is 54.4 Å². The van der Waals surface area contributed by atoms with Crippen molar-refractivity contribution in [3.8, 4) is 5.75 Å². The third-order valence-electron chi connectivity index (χ3n) is 5.27. The smallest absolute Gasteiger partial charge is 0.179 e. The van der Waals surface area contributed by atoms with Crippen LogP contribution < -0.4 is 10.5 Å². The average Bonchev–Trinajstić information content (AvgIpc) is 3.17. The monoisotopic (exact) mass is 401 g/mol. The Morgan fingerprint density at radius 1 is 1.13 bits per heavy atom. The highest BCUT2D eigenvalue weighted by Crippen LogP contribution is 2.33. The van der Waals surface area contributed by atoms with E-state index in [1.807, 2.05) is 34.7 Å². The average molecular weight is 401 g/mol. The minimum absolute atomic E-state index is 0.0245. The lowest BCUT2D eigenvalue weighted by molar-refractivity contribution is -0.111. The lowest BCUT2D eigenvalue weighted by Gasteiger charge is -2.15.